The van der Waals surface area contributed by atoms with Crippen LogP contribution in [0.15, 0.2) is 42.6 Å². The van der Waals surface area contributed by atoms with E-state index in [0.717, 1.165) is 6.92 Å². The van der Waals surface area contributed by atoms with Gasteiger partial charge in [0.05, 0.1) is 11.4 Å². The van der Waals surface area contributed by atoms with E-state index in [0.29, 0.717) is 35.2 Å². The summed E-state index contributed by atoms with van der Waals surface area (Å²) in [5, 5.41) is 5.65. The first-order chi connectivity index (χ1) is 15.5. The minimum atomic E-state index is -3.09. The van der Waals surface area contributed by atoms with Gasteiger partial charge in [-0.05, 0) is 38.1 Å². The van der Waals surface area contributed by atoms with Crippen molar-refractivity contribution in [3.05, 3.63) is 48.3 Å². The third-order valence-electron chi connectivity index (χ3n) is 4.71. The lowest BCUT2D eigenvalue weighted by Gasteiger charge is -2.31. The Labute approximate surface area is 189 Å². The highest BCUT2D eigenvalue weighted by Gasteiger charge is 2.29. The molecule has 172 valence electrons. The fourth-order valence-electron chi connectivity index (χ4n) is 3.23. The highest BCUT2D eigenvalue weighted by atomic mass is 19.3. The van der Waals surface area contributed by atoms with Crippen molar-refractivity contribution in [3.63, 3.8) is 0 Å². The van der Waals surface area contributed by atoms with Crippen molar-refractivity contribution >= 4 is 23.2 Å². The minimum Gasteiger partial charge on any atom is -0.479 e. The van der Waals surface area contributed by atoms with Crippen molar-refractivity contribution in [1.29, 1.82) is 0 Å². The molecule has 0 fully saturated rings. The number of pyridine rings is 3. The van der Waals surface area contributed by atoms with Crippen LogP contribution in [-0.2, 0) is 10.7 Å². The number of alkyl halides is 2. The Hall–Kier alpha value is -3.82. The Morgan fingerprint density at radius 2 is 1.94 bits per heavy atom. The lowest BCUT2D eigenvalue weighted by molar-refractivity contribution is -0.114. The third kappa shape index (κ3) is 5.16. The molecule has 4 rings (SSSR count). The van der Waals surface area contributed by atoms with Crippen molar-refractivity contribution in [2.45, 2.75) is 39.2 Å². The van der Waals surface area contributed by atoms with Gasteiger partial charge in [0, 0.05) is 31.7 Å². The number of anilines is 3. The van der Waals surface area contributed by atoms with E-state index in [2.05, 4.69) is 25.6 Å². The number of nitrogens with zero attached hydrogens (tertiary/aromatic N) is 3. The molecule has 0 bridgehead atoms. The molecule has 3 aromatic rings. The topological polar surface area (TPSA) is 98.3 Å². The van der Waals surface area contributed by atoms with Crippen molar-refractivity contribution in [3.8, 4) is 22.9 Å². The SMILES string of the molecule is CC(=O)Nc1cc(Nc2cccc(C(C)(F)F)n2)c(-c2ccc3c(n2)OCC(C)(C)O3)cn1. The second-order valence-corrected chi connectivity index (χ2v) is 8.37. The van der Waals surface area contributed by atoms with E-state index >= 15 is 0 Å². The van der Waals surface area contributed by atoms with Gasteiger partial charge >= 0.3 is 0 Å². The zero-order chi connectivity index (χ0) is 23.8. The van der Waals surface area contributed by atoms with Crippen LogP contribution in [0, 0.1) is 0 Å². The maximum Gasteiger partial charge on any atom is 0.287 e. The molecule has 0 atom stereocenters. The molecule has 1 aliphatic heterocycles. The van der Waals surface area contributed by atoms with Crippen LogP contribution in [-0.4, -0.2) is 33.1 Å². The van der Waals surface area contributed by atoms with Crippen LogP contribution < -0.4 is 20.1 Å². The number of ether oxygens (including phenoxy) is 2. The second-order valence-electron chi connectivity index (χ2n) is 8.37. The summed E-state index contributed by atoms with van der Waals surface area (Å²) in [6.07, 6.45) is 1.52. The second kappa shape index (κ2) is 8.27. The number of carbonyl (C=O) groups excluding carboxylic acids is 1. The van der Waals surface area contributed by atoms with Crippen LogP contribution in [0.2, 0.25) is 0 Å². The number of hydrogen-bond acceptors (Lipinski definition) is 7. The molecule has 8 nitrogen and oxygen atoms in total. The monoisotopic (exact) mass is 455 g/mol. The van der Waals surface area contributed by atoms with Crippen molar-refractivity contribution in [2.24, 2.45) is 0 Å². The number of amides is 1. The summed E-state index contributed by atoms with van der Waals surface area (Å²) in [5.74, 6) is -2.04. The molecule has 4 heterocycles. The molecule has 0 spiro atoms. The van der Waals surface area contributed by atoms with Crippen LogP contribution in [0.5, 0.6) is 11.6 Å². The molecule has 1 amide bonds. The van der Waals surface area contributed by atoms with E-state index in [1.165, 1.54) is 25.3 Å². The number of fused-ring (bicyclic) bond motifs is 1. The third-order valence-corrected chi connectivity index (χ3v) is 4.71. The van der Waals surface area contributed by atoms with Crippen LogP contribution in [0.3, 0.4) is 0 Å². The first-order valence-corrected chi connectivity index (χ1v) is 10.2. The fraction of sp³-hybridized carbons (Fsp3) is 0.304. The number of aromatic nitrogens is 3. The molecular formula is C23H23F2N5O3. The maximum absolute atomic E-state index is 13.8. The molecule has 0 radical (unpaired) electrons. The summed E-state index contributed by atoms with van der Waals surface area (Å²) in [4.78, 5) is 24.3. The molecule has 0 aromatic carbocycles. The fourth-order valence-corrected chi connectivity index (χ4v) is 3.23. The van der Waals surface area contributed by atoms with Crippen molar-refractivity contribution in [1.82, 2.24) is 15.0 Å². The maximum atomic E-state index is 13.8. The average Bonchev–Trinajstić information content (AvgIpc) is 2.72. The van der Waals surface area contributed by atoms with Crippen LogP contribution in [0.1, 0.15) is 33.4 Å². The van der Waals surface area contributed by atoms with E-state index in [4.69, 9.17) is 9.47 Å². The highest BCUT2D eigenvalue weighted by molar-refractivity contribution is 5.89. The number of hydrogen-bond donors (Lipinski definition) is 2. The Balaban J connectivity index is 1.74. The Morgan fingerprint density at radius 3 is 2.67 bits per heavy atom. The normalized spacial score (nSPS) is 14.5. The van der Waals surface area contributed by atoms with E-state index in [1.54, 1.807) is 24.3 Å². The molecule has 1 aliphatic rings. The van der Waals surface area contributed by atoms with Crippen molar-refractivity contribution in [2.75, 3.05) is 17.2 Å². The van der Waals surface area contributed by atoms with Gasteiger partial charge in [-0.1, -0.05) is 6.07 Å². The van der Waals surface area contributed by atoms with Crippen molar-refractivity contribution < 1.29 is 23.0 Å². The van der Waals surface area contributed by atoms with Gasteiger partial charge in [0.2, 0.25) is 5.91 Å². The Kier molecular flexibility index (Phi) is 5.61. The molecular weight excluding hydrogens is 432 g/mol. The number of carbonyl (C=O) groups is 1. The summed E-state index contributed by atoms with van der Waals surface area (Å²) in [6.45, 7) is 6.31. The summed E-state index contributed by atoms with van der Waals surface area (Å²) < 4.78 is 39.2. The zero-order valence-corrected chi connectivity index (χ0v) is 18.6. The number of nitrogens with one attached hydrogen (secondary N) is 2. The molecule has 3 aromatic heterocycles. The van der Waals surface area contributed by atoms with E-state index < -0.39 is 11.5 Å². The standard InChI is InChI=1S/C23H23F2N5O3/c1-13(31)27-20-10-16(28-19-7-5-6-18(30-19)23(4,24)25)14(11-26-20)15-8-9-17-21(29-15)32-12-22(2,3)33-17/h5-11H,12H2,1-4H3,(H2,26,27,28,30,31). The summed E-state index contributed by atoms with van der Waals surface area (Å²) in [6, 6.07) is 9.38. The van der Waals surface area contributed by atoms with Gasteiger partial charge in [-0.2, -0.15) is 8.78 Å². The predicted molar refractivity (Wildman–Crippen MR) is 119 cm³/mol. The van der Waals surface area contributed by atoms with Gasteiger partial charge in [0.1, 0.15) is 29.5 Å². The predicted octanol–water partition coefficient (Wildman–Crippen LogP) is 4.90. The van der Waals surface area contributed by atoms with E-state index in [9.17, 15) is 13.6 Å². The first-order valence-electron chi connectivity index (χ1n) is 10.2. The lowest BCUT2D eigenvalue weighted by atomic mass is 10.1. The largest absolute Gasteiger partial charge is 0.479 e. The molecule has 33 heavy (non-hydrogen) atoms. The van der Waals surface area contributed by atoms with E-state index in [-0.39, 0.29) is 23.2 Å². The summed E-state index contributed by atoms with van der Waals surface area (Å²) in [7, 11) is 0. The highest BCUT2D eigenvalue weighted by Crippen LogP contribution is 2.38. The zero-order valence-electron chi connectivity index (χ0n) is 18.6. The molecule has 2 N–H and O–H groups in total. The summed E-state index contributed by atoms with van der Waals surface area (Å²) in [5.41, 5.74) is 0.685. The van der Waals surface area contributed by atoms with Gasteiger partial charge < -0.3 is 20.1 Å². The molecule has 0 saturated carbocycles. The Bertz CT molecular complexity index is 1210. The van der Waals surface area contributed by atoms with Gasteiger partial charge in [-0.15, -0.1) is 0 Å². The summed E-state index contributed by atoms with van der Waals surface area (Å²) >= 11 is 0. The lowest BCUT2D eigenvalue weighted by Crippen LogP contribution is -2.39. The Morgan fingerprint density at radius 1 is 1.15 bits per heavy atom. The number of halogens is 2. The smallest absolute Gasteiger partial charge is 0.287 e. The number of rotatable bonds is 5. The van der Waals surface area contributed by atoms with Gasteiger partial charge in [-0.25, -0.2) is 15.0 Å². The molecule has 0 aliphatic carbocycles. The van der Waals surface area contributed by atoms with Gasteiger partial charge in [0.25, 0.3) is 11.8 Å². The average molecular weight is 455 g/mol. The first kappa shape index (κ1) is 22.4. The minimum absolute atomic E-state index is 0.203. The molecule has 0 saturated heterocycles. The molecule has 0 unspecified atom stereocenters. The van der Waals surface area contributed by atoms with Crippen LogP contribution >= 0.6 is 0 Å². The van der Waals surface area contributed by atoms with Gasteiger partial charge in [-0.3, -0.25) is 4.79 Å². The van der Waals surface area contributed by atoms with Crippen LogP contribution in [0.25, 0.3) is 11.3 Å². The van der Waals surface area contributed by atoms with Gasteiger partial charge in [0.15, 0.2) is 5.75 Å². The van der Waals surface area contributed by atoms with Crippen LogP contribution in [0.4, 0.5) is 26.1 Å². The molecule has 10 heteroatoms. The quantitative estimate of drug-likeness (QED) is 0.565. The van der Waals surface area contributed by atoms with E-state index in [1.807, 2.05) is 13.8 Å².